The molecular formula is C42H79NO5. The Morgan fingerprint density at radius 2 is 0.896 bits per heavy atom. The molecule has 0 aromatic heterocycles. The molecule has 0 spiro atoms. The van der Waals surface area contributed by atoms with Gasteiger partial charge in [0.2, 0.25) is 5.91 Å². The van der Waals surface area contributed by atoms with Crippen LogP contribution >= 0.6 is 0 Å². The van der Waals surface area contributed by atoms with Gasteiger partial charge in [0.15, 0.2) is 0 Å². The third-order valence-corrected chi connectivity index (χ3v) is 9.30. The molecule has 0 aromatic rings. The first-order valence-electron chi connectivity index (χ1n) is 20.4. The number of hydrogen-bond donors (Lipinski definition) is 5. The van der Waals surface area contributed by atoms with Gasteiger partial charge in [0.05, 0.1) is 18.8 Å². The van der Waals surface area contributed by atoms with E-state index in [0.717, 1.165) is 57.8 Å². The Morgan fingerprint density at radius 3 is 1.38 bits per heavy atom. The summed E-state index contributed by atoms with van der Waals surface area (Å²) in [6.07, 6.45) is 41.9. The van der Waals surface area contributed by atoms with E-state index in [0.29, 0.717) is 19.3 Å². The monoisotopic (exact) mass is 678 g/mol. The minimum atomic E-state index is -1.29. The van der Waals surface area contributed by atoms with E-state index >= 15 is 0 Å². The molecule has 0 heterocycles. The topological polar surface area (TPSA) is 110 Å². The van der Waals surface area contributed by atoms with Crippen LogP contribution in [-0.4, -0.2) is 57.3 Å². The molecule has 0 aliphatic rings. The fraction of sp³-hybridized carbons (Fsp3) is 0.833. The van der Waals surface area contributed by atoms with Gasteiger partial charge in [0, 0.05) is 0 Å². The summed E-state index contributed by atoms with van der Waals surface area (Å²) >= 11 is 0. The van der Waals surface area contributed by atoms with E-state index in [-0.39, 0.29) is 0 Å². The van der Waals surface area contributed by atoms with Crippen molar-refractivity contribution in [3.63, 3.8) is 0 Å². The minimum Gasteiger partial charge on any atom is -0.394 e. The lowest BCUT2D eigenvalue weighted by Crippen LogP contribution is -2.53. The zero-order chi connectivity index (χ0) is 35.3. The van der Waals surface area contributed by atoms with Gasteiger partial charge in [0.25, 0.3) is 0 Å². The second kappa shape index (κ2) is 36.8. The highest BCUT2D eigenvalue weighted by molar-refractivity contribution is 5.80. The molecule has 5 N–H and O–H groups in total. The van der Waals surface area contributed by atoms with E-state index in [1.807, 2.05) is 0 Å². The Morgan fingerprint density at radius 1 is 0.500 bits per heavy atom. The van der Waals surface area contributed by atoms with Crippen molar-refractivity contribution in [3.05, 3.63) is 36.5 Å². The Balaban J connectivity index is 3.81. The highest BCUT2D eigenvalue weighted by Crippen LogP contribution is 2.14. The Kier molecular flexibility index (Phi) is 35.7. The number of aliphatic hydroxyl groups is 4. The summed E-state index contributed by atoms with van der Waals surface area (Å²) in [5.41, 5.74) is 0. The summed E-state index contributed by atoms with van der Waals surface area (Å²) in [4.78, 5) is 12.4. The molecule has 6 heteroatoms. The lowest BCUT2D eigenvalue weighted by molar-refractivity contribution is -0.132. The van der Waals surface area contributed by atoms with Crippen molar-refractivity contribution in [1.82, 2.24) is 5.32 Å². The smallest absolute Gasteiger partial charge is 0.249 e. The van der Waals surface area contributed by atoms with E-state index in [2.05, 4.69) is 55.6 Å². The van der Waals surface area contributed by atoms with Crippen LogP contribution in [0.15, 0.2) is 36.5 Å². The average Bonchev–Trinajstić information content (AvgIpc) is 3.09. The second-order valence-electron chi connectivity index (χ2n) is 14.0. The minimum absolute atomic E-state index is 0.344. The normalized spacial score (nSPS) is 14.7. The zero-order valence-corrected chi connectivity index (χ0v) is 31.5. The number of carbonyl (C=O) groups excluding carboxylic acids is 1. The number of amides is 1. The van der Waals surface area contributed by atoms with Crippen LogP contribution < -0.4 is 5.32 Å². The predicted octanol–water partition coefficient (Wildman–Crippen LogP) is 10.2. The summed E-state index contributed by atoms with van der Waals surface area (Å²) < 4.78 is 0. The number of allylic oxidation sites excluding steroid dienone is 6. The highest BCUT2D eigenvalue weighted by atomic mass is 16.3. The fourth-order valence-electron chi connectivity index (χ4n) is 5.99. The third-order valence-electron chi connectivity index (χ3n) is 9.30. The largest absolute Gasteiger partial charge is 0.394 e. The number of nitrogens with one attached hydrogen (secondary N) is 1. The molecule has 0 aromatic carbocycles. The maximum atomic E-state index is 12.4. The van der Waals surface area contributed by atoms with Crippen molar-refractivity contribution in [2.45, 2.75) is 218 Å². The van der Waals surface area contributed by atoms with Crippen molar-refractivity contribution in [2.75, 3.05) is 6.61 Å². The van der Waals surface area contributed by atoms with Gasteiger partial charge in [-0.3, -0.25) is 4.79 Å². The molecule has 0 saturated carbocycles. The van der Waals surface area contributed by atoms with Crippen LogP contribution in [0.1, 0.15) is 194 Å². The predicted molar refractivity (Wildman–Crippen MR) is 205 cm³/mol. The third kappa shape index (κ3) is 30.6. The molecule has 0 saturated heterocycles. The molecule has 0 radical (unpaired) electrons. The summed E-state index contributed by atoms with van der Waals surface area (Å²) in [6, 6.07) is -1.01. The SMILES string of the molecule is CCCC/C=C\CCCCCCC(O)C(=O)NC(CO)C(O)C(O)CCC/C=C/CC/C=C/CCCCCCCCCCCCCCC. The van der Waals surface area contributed by atoms with E-state index in [4.69, 9.17) is 0 Å². The van der Waals surface area contributed by atoms with Crippen LogP contribution in [-0.2, 0) is 4.79 Å². The highest BCUT2D eigenvalue weighted by Gasteiger charge is 2.28. The first kappa shape index (κ1) is 46.5. The molecule has 1 amide bonds. The maximum Gasteiger partial charge on any atom is 0.249 e. The Hall–Kier alpha value is -1.47. The van der Waals surface area contributed by atoms with E-state index < -0.39 is 36.9 Å². The van der Waals surface area contributed by atoms with Gasteiger partial charge in [-0.2, -0.15) is 0 Å². The lowest BCUT2D eigenvalue weighted by atomic mass is 10.00. The van der Waals surface area contributed by atoms with Crippen LogP contribution in [0.3, 0.4) is 0 Å². The van der Waals surface area contributed by atoms with Gasteiger partial charge in [0.1, 0.15) is 12.2 Å². The van der Waals surface area contributed by atoms with Gasteiger partial charge in [-0.15, -0.1) is 0 Å². The number of rotatable bonds is 36. The first-order valence-corrected chi connectivity index (χ1v) is 20.4. The molecule has 0 aliphatic carbocycles. The van der Waals surface area contributed by atoms with Crippen molar-refractivity contribution in [1.29, 1.82) is 0 Å². The van der Waals surface area contributed by atoms with Crippen LogP contribution in [0.5, 0.6) is 0 Å². The maximum absolute atomic E-state index is 12.4. The Bertz CT molecular complexity index is 767. The fourth-order valence-corrected chi connectivity index (χ4v) is 5.99. The molecule has 0 rings (SSSR count). The number of hydrogen-bond acceptors (Lipinski definition) is 5. The van der Waals surface area contributed by atoms with Gasteiger partial charge < -0.3 is 25.7 Å². The van der Waals surface area contributed by atoms with Crippen molar-refractivity contribution < 1.29 is 25.2 Å². The molecule has 6 nitrogen and oxygen atoms in total. The molecule has 0 bridgehead atoms. The summed E-state index contributed by atoms with van der Waals surface area (Å²) in [5, 5.41) is 43.4. The Labute approximate surface area is 297 Å². The van der Waals surface area contributed by atoms with Gasteiger partial charge in [-0.25, -0.2) is 0 Å². The summed E-state index contributed by atoms with van der Waals surface area (Å²) in [7, 11) is 0. The second-order valence-corrected chi connectivity index (χ2v) is 14.0. The number of aliphatic hydroxyl groups excluding tert-OH is 4. The molecule has 0 aliphatic heterocycles. The lowest BCUT2D eigenvalue weighted by Gasteiger charge is -2.27. The van der Waals surface area contributed by atoms with Crippen LogP contribution in [0.25, 0.3) is 0 Å². The van der Waals surface area contributed by atoms with E-state index in [1.165, 1.54) is 103 Å². The first-order chi connectivity index (χ1) is 23.5. The molecule has 48 heavy (non-hydrogen) atoms. The van der Waals surface area contributed by atoms with Crippen molar-refractivity contribution in [3.8, 4) is 0 Å². The van der Waals surface area contributed by atoms with Crippen molar-refractivity contribution in [2.24, 2.45) is 0 Å². The van der Waals surface area contributed by atoms with Crippen LogP contribution in [0.2, 0.25) is 0 Å². The van der Waals surface area contributed by atoms with Crippen molar-refractivity contribution >= 4 is 5.91 Å². The van der Waals surface area contributed by atoms with Crippen LogP contribution in [0.4, 0.5) is 0 Å². The number of carbonyl (C=O) groups is 1. The van der Waals surface area contributed by atoms with Gasteiger partial charge in [-0.1, -0.05) is 159 Å². The standard InChI is InChI=1S/C42H79NO5/c1-3-5-7-9-11-13-15-16-17-18-19-20-21-22-23-24-25-26-28-29-31-33-35-39(45)41(47)38(37-44)43-42(48)40(46)36-34-32-30-27-14-12-10-8-6-4-2/h10,12,23-24,28-29,38-41,44-47H,3-9,11,13-22,25-27,30-37H2,1-2H3,(H,43,48)/b12-10-,24-23+,29-28+. The van der Waals surface area contributed by atoms with Gasteiger partial charge in [-0.05, 0) is 70.6 Å². The quantitative estimate of drug-likeness (QED) is 0.0335. The molecule has 282 valence electrons. The van der Waals surface area contributed by atoms with E-state index in [9.17, 15) is 25.2 Å². The summed E-state index contributed by atoms with van der Waals surface area (Å²) in [6.45, 7) is 3.97. The summed E-state index contributed by atoms with van der Waals surface area (Å²) in [5.74, 6) is -0.611. The van der Waals surface area contributed by atoms with Crippen LogP contribution in [0, 0.1) is 0 Å². The van der Waals surface area contributed by atoms with Gasteiger partial charge >= 0.3 is 0 Å². The zero-order valence-electron chi connectivity index (χ0n) is 31.5. The van der Waals surface area contributed by atoms with E-state index in [1.54, 1.807) is 0 Å². The molecular weight excluding hydrogens is 598 g/mol. The average molecular weight is 678 g/mol. The molecule has 4 unspecified atom stereocenters. The number of unbranched alkanes of at least 4 members (excludes halogenated alkanes) is 21. The molecule has 0 fully saturated rings. The molecule has 4 atom stereocenters.